The minimum absolute atomic E-state index is 0. The van der Waals surface area contributed by atoms with Crippen molar-refractivity contribution in [3.63, 3.8) is 0 Å². The zero-order valence-electron chi connectivity index (χ0n) is 13.8. The van der Waals surface area contributed by atoms with Crippen LogP contribution in [0.5, 0.6) is 5.88 Å². The second-order valence-corrected chi connectivity index (χ2v) is 6.21. The number of hydrogen-bond acceptors (Lipinski definition) is 5. The van der Waals surface area contributed by atoms with Gasteiger partial charge in [-0.05, 0) is 25.5 Å². The van der Waals surface area contributed by atoms with Gasteiger partial charge in [0.05, 0.1) is 12.2 Å². The lowest BCUT2D eigenvalue weighted by molar-refractivity contribution is -0.0528. The molecule has 0 fully saturated rings. The van der Waals surface area contributed by atoms with Crippen LogP contribution in [-0.4, -0.2) is 33.8 Å². The Balaban J connectivity index is 0.00000182. The molecule has 1 aliphatic carbocycles. The van der Waals surface area contributed by atoms with Crippen LogP contribution in [0.15, 0.2) is 30.6 Å². The van der Waals surface area contributed by atoms with Gasteiger partial charge in [0.15, 0.2) is 0 Å². The van der Waals surface area contributed by atoms with Gasteiger partial charge in [-0.25, -0.2) is 19.3 Å². The molecule has 1 N–H and O–H groups in total. The van der Waals surface area contributed by atoms with E-state index in [-0.39, 0.29) is 15.3 Å². The predicted octanol–water partition coefficient (Wildman–Crippen LogP) is 4.11. The number of halogens is 3. The number of ether oxygens (including phenoxy) is 1. The summed E-state index contributed by atoms with van der Waals surface area (Å²) < 4.78 is 42.1. The molecule has 0 radical (unpaired) electrons. The first kappa shape index (κ1) is 17.2. The highest BCUT2D eigenvalue weighted by Gasteiger charge is 2.20. The van der Waals surface area contributed by atoms with Crippen LogP contribution in [0, 0.1) is 0 Å². The number of rotatable bonds is 6. The van der Waals surface area contributed by atoms with E-state index in [1.807, 2.05) is 6.08 Å². The summed E-state index contributed by atoms with van der Waals surface area (Å²) in [5.74, 6) is 0.236. The molecular formula is C17H21F3N4O. The third-order valence-corrected chi connectivity index (χ3v) is 3.58. The fourth-order valence-electron chi connectivity index (χ4n) is 2.45. The number of anilines is 1. The Hall–Kier alpha value is -2.64. The summed E-state index contributed by atoms with van der Waals surface area (Å²) in [6.45, 7) is 0.156. The molecule has 0 unspecified atom stereocenters. The minimum Gasteiger partial charge on any atom is -0.417 e. The molecule has 0 bridgehead atoms. The normalized spacial score (nSPS) is 13.6. The van der Waals surface area contributed by atoms with E-state index in [1.165, 1.54) is 26.1 Å². The Labute approximate surface area is 146 Å². The van der Waals surface area contributed by atoms with Gasteiger partial charge in [-0.2, -0.15) is 8.78 Å². The zero-order chi connectivity index (χ0) is 18.0. The first-order chi connectivity index (χ1) is 11.8. The molecule has 0 saturated heterocycles. The molecule has 2 heterocycles. The highest BCUT2D eigenvalue weighted by Crippen LogP contribution is 2.32. The van der Waals surface area contributed by atoms with Crippen LogP contribution in [0.3, 0.4) is 0 Å². The number of pyridine rings is 1. The molecule has 3 rings (SSSR count). The fraction of sp³-hybridized carbons (Fsp3) is 0.353. The maximum atomic E-state index is 13.6. The predicted molar refractivity (Wildman–Crippen MR) is 91.6 cm³/mol. The third-order valence-electron chi connectivity index (χ3n) is 3.58. The van der Waals surface area contributed by atoms with E-state index < -0.39 is 12.3 Å². The van der Waals surface area contributed by atoms with Crippen molar-refractivity contribution in [2.45, 2.75) is 32.5 Å². The van der Waals surface area contributed by atoms with Gasteiger partial charge in [0.25, 0.3) is 0 Å². The van der Waals surface area contributed by atoms with Crippen molar-refractivity contribution in [1.29, 1.82) is 0 Å². The van der Waals surface area contributed by atoms with Gasteiger partial charge in [-0.1, -0.05) is 6.08 Å². The third kappa shape index (κ3) is 4.26. The minimum atomic E-state index is -2.90. The number of nitrogens with zero attached hydrogens (tertiary/aromatic N) is 3. The molecule has 136 valence electrons. The maximum absolute atomic E-state index is 13.6. The average molecular weight is 354 g/mol. The summed E-state index contributed by atoms with van der Waals surface area (Å²) in [4.78, 5) is 12.5. The molecule has 0 aromatic carbocycles. The number of allylic oxidation sites excluding steroid dienone is 1. The van der Waals surface area contributed by atoms with E-state index in [0.29, 0.717) is 12.4 Å². The molecule has 2 aromatic heterocycles. The quantitative estimate of drug-likeness (QED) is 0.846. The molecule has 0 amide bonds. The van der Waals surface area contributed by atoms with Crippen molar-refractivity contribution >= 4 is 11.5 Å². The second-order valence-electron chi connectivity index (χ2n) is 6.21. The molecule has 2 aromatic rings. The Morgan fingerprint density at radius 1 is 1.28 bits per heavy atom. The summed E-state index contributed by atoms with van der Waals surface area (Å²) in [5.41, 5.74) is 1.93. The lowest BCUT2D eigenvalue weighted by Gasteiger charge is -2.15. The van der Waals surface area contributed by atoms with Crippen LogP contribution < -0.4 is 10.1 Å². The summed E-state index contributed by atoms with van der Waals surface area (Å²) in [5, 5.41) is 2.87. The van der Waals surface area contributed by atoms with Gasteiger partial charge in [0, 0.05) is 38.9 Å². The summed E-state index contributed by atoms with van der Waals surface area (Å²) in [7, 11) is 0. The number of fused-ring (bicyclic) bond motifs is 1. The molecule has 0 saturated carbocycles. The molecule has 25 heavy (non-hydrogen) atoms. The Morgan fingerprint density at radius 2 is 2.08 bits per heavy atom. The topological polar surface area (TPSA) is 59.9 Å². The first-order valence-electron chi connectivity index (χ1n) is 7.72. The van der Waals surface area contributed by atoms with Crippen molar-refractivity contribution in [3.05, 3.63) is 47.4 Å². The average Bonchev–Trinajstić information content (AvgIpc) is 2.95. The van der Waals surface area contributed by atoms with Gasteiger partial charge in [-0.3, -0.25) is 0 Å². The highest BCUT2D eigenvalue weighted by atomic mass is 19.3. The van der Waals surface area contributed by atoms with Crippen LogP contribution in [0.4, 0.5) is 19.1 Å². The van der Waals surface area contributed by atoms with Crippen LogP contribution in [0.2, 0.25) is 0 Å². The molecule has 0 spiro atoms. The fourth-order valence-corrected chi connectivity index (χ4v) is 2.45. The summed E-state index contributed by atoms with van der Waals surface area (Å²) in [6, 6.07) is 3.05. The number of nitrogens with one attached hydrogen (secondary N) is 1. The molecular weight excluding hydrogens is 333 g/mol. The van der Waals surface area contributed by atoms with Crippen LogP contribution in [-0.2, 0) is 6.42 Å². The van der Waals surface area contributed by atoms with E-state index in [1.54, 1.807) is 12.3 Å². The molecule has 1 aliphatic rings. The standard InChI is InChI=1S/C17H17F3N4O.2H2/c1-17(2,20)9-23-16-22-8-12-11(4-5-13(12)24-16)10-3-6-14(21-7-10)25-15(18)19;;/h3-4,6-8,15H,5,9H2,1-2H3,(H,22,23,24);2*1H. The van der Waals surface area contributed by atoms with Crippen LogP contribution in [0.25, 0.3) is 5.57 Å². The lowest BCUT2D eigenvalue weighted by atomic mass is 10.0. The van der Waals surface area contributed by atoms with E-state index >= 15 is 0 Å². The SMILES string of the molecule is CC(C)(F)CNc1ncc2c(n1)CC=C2c1ccc(OC(F)F)nc1.[HH].[HH]. The van der Waals surface area contributed by atoms with Crippen molar-refractivity contribution in [2.75, 3.05) is 11.9 Å². The van der Waals surface area contributed by atoms with Crippen LogP contribution >= 0.6 is 0 Å². The monoisotopic (exact) mass is 354 g/mol. The maximum Gasteiger partial charge on any atom is 0.388 e. The van der Waals surface area contributed by atoms with Gasteiger partial charge in [-0.15, -0.1) is 0 Å². The molecule has 0 atom stereocenters. The Bertz CT molecular complexity index is 796. The number of hydrogen-bond donors (Lipinski definition) is 1. The van der Waals surface area contributed by atoms with Gasteiger partial charge < -0.3 is 10.1 Å². The Kier molecular flexibility index (Phi) is 4.61. The van der Waals surface area contributed by atoms with Crippen molar-refractivity contribution < 1.29 is 20.8 Å². The van der Waals surface area contributed by atoms with Gasteiger partial charge in [0.2, 0.25) is 11.8 Å². The zero-order valence-corrected chi connectivity index (χ0v) is 13.8. The van der Waals surface area contributed by atoms with Crippen molar-refractivity contribution in [2.24, 2.45) is 0 Å². The van der Waals surface area contributed by atoms with E-state index in [4.69, 9.17) is 0 Å². The summed E-state index contributed by atoms with van der Waals surface area (Å²) >= 11 is 0. The van der Waals surface area contributed by atoms with Crippen LogP contribution in [0.1, 0.15) is 33.5 Å². The van der Waals surface area contributed by atoms with Gasteiger partial charge in [0.1, 0.15) is 5.67 Å². The second kappa shape index (κ2) is 6.70. The van der Waals surface area contributed by atoms with Crippen molar-refractivity contribution in [3.8, 4) is 5.88 Å². The number of alkyl halides is 3. The summed E-state index contributed by atoms with van der Waals surface area (Å²) in [6.07, 6.45) is 5.71. The smallest absolute Gasteiger partial charge is 0.388 e. The van der Waals surface area contributed by atoms with Crippen molar-refractivity contribution in [1.82, 2.24) is 15.0 Å². The Morgan fingerprint density at radius 3 is 2.72 bits per heavy atom. The molecule has 8 heteroatoms. The highest BCUT2D eigenvalue weighted by molar-refractivity contribution is 5.83. The molecule has 5 nitrogen and oxygen atoms in total. The van der Waals surface area contributed by atoms with Gasteiger partial charge >= 0.3 is 6.61 Å². The number of aromatic nitrogens is 3. The molecule has 0 aliphatic heterocycles. The van der Waals surface area contributed by atoms with E-state index in [2.05, 4.69) is 25.0 Å². The lowest BCUT2D eigenvalue weighted by Crippen LogP contribution is -2.25. The largest absolute Gasteiger partial charge is 0.417 e. The first-order valence-corrected chi connectivity index (χ1v) is 7.72. The van der Waals surface area contributed by atoms with E-state index in [9.17, 15) is 13.2 Å². The van der Waals surface area contributed by atoms with E-state index in [0.717, 1.165) is 22.4 Å².